The van der Waals surface area contributed by atoms with Crippen LogP contribution in [0.2, 0.25) is 18.1 Å². The molecule has 0 aromatic heterocycles. The SMILES string of the molecule is CC(C)(C)OC(=O)NC(CO[Si](C)(C)C(C)(C)C)C(=O)NNC(=O)c1ccc(OC(F)(F)F)cc1. The van der Waals surface area contributed by atoms with Crippen LogP contribution in [0.3, 0.4) is 0 Å². The molecule has 0 heterocycles. The van der Waals surface area contributed by atoms with E-state index in [-0.39, 0.29) is 17.2 Å². The van der Waals surface area contributed by atoms with Crippen LogP contribution < -0.4 is 20.9 Å². The number of alkyl halides is 3. The van der Waals surface area contributed by atoms with Gasteiger partial charge in [-0.05, 0) is 63.2 Å². The summed E-state index contributed by atoms with van der Waals surface area (Å²) in [5.74, 6) is -2.07. The highest BCUT2D eigenvalue weighted by Gasteiger charge is 2.38. The second kappa shape index (κ2) is 11.3. The Balaban J connectivity index is 2.86. The second-order valence-electron chi connectivity index (χ2n) is 10.3. The van der Waals surface area contributed by atoms with E-state index in [4.69, 9.17) is 9.16 Å². The predicted octanol–water partition coefficient (Wildman–Crippen LogP) is 4.26. The minimum atomic E-state index is -4.86. The molecule has 0 aliphatic rings. The molecule has 0 saturated carbocycles. The van der Waals surface area contributed by atoms with E-state index in [9.17, 15) is 27.6 Å². The number of halogens is 3. The zero-order valence-corrected chi connectivity index (χ0v) is 22.2. The van der Waals surface area contributed by atoms with Gasteiger partial charge in [0.2, 0.25) is 0 Å². The highest BCUT2D eigenvalue weighted by atomic mass is 28.4. The number of benzene rings is 1. The van der Waals surface area contributed by atoms with Gasteiger partial charge in [0, 0.05) is 5.56 Å². The van der Waals surface area contributed by atoms with E-state index in [1.165, 1.54) is 0 Å². The van der Waals surface area contributed by atoms with Gasteiger partial charge in [-0.25, -0.2) is 4.79 Å². The van der Waals surface area contributed by atoms with E-state index in [0.717, 1.165) is 24.3 Å². The quantitative estimate of drug-likeness (QED) is 0.365. The van der Waals surface area contributed by atoms with Crippen LogP contribution in [-0.4, -0.2) is 50.8 Å². The van der Waals surface area contributed by atoms with Gasteiger partial charge in [0.1, 0.15) is 17.4 Å². The van der Waals surface area contributed by atoms with Crippen LogP contribution in [0.25, 0.3) is 0 Å². The molecule has 0 fully saturated rings. The average molecular weight is 522 g/mol. The van der Waals surface area contributed by atoms with Crippen molar-refractivity contribution in [2.75, 3.05) is 6.61 Å². The number of hydrogen-bond acceptors (Lipinski definition) is 6. The Labute approximate surface area is 204 Å². The van der Waals surface area contributed by atoms with Crippen molar-refractivity contribution in [3.63, 3.8) is 0 Å². The summed E-state index contributed by atoms with van der Waals surface area (Å²) in [5.41, 5.74) is 3.51. The first-order valence-electron chi connectivity index (χ1n) is 10.8. The first-order chi connectivity index (χ1) is 15.7. The molecule has 1 rings (SSSR count). The van der Waals surface area contributed by atoms with Crippen LogP contribution in [0, 0.1) is 0 Å². The maximum absolute atomic E-state index is 12.8. The molecular weight excluding hydrogens is 487 g/mol. The van der Waals surface area contributed by atoms with E-state index in [1.54, 1.807) is 20.8 Å². The van der Waals surface area contributed by atoms with E-state index >= 15 is 0 Å². The smallest absolute Gasteiger partial charge is 0.444 e. The standard InChI is InChI=1S/C22H34F3N3O6Si/c1-20(2,3)34-19(31)26-16(13-32-35(7,8)21(4,5)6)18(30)28-27-17(29)14-9-11-15(12-10-14)33-22(23,24)25/h9-12,16H,13H2,1-8H3,(H,26,31)(H,27,29)(H,28,30). The van der Waals surface area contributed by atoms with Gasteiger partial charge in [0.25, 0.3) is 11.8 Å². The van der Waals surface area contributed by atoms with Gasteiger partial charge in [0.15, 0.2) is 8.32 Å². The fraction of sp³-hybridized carbons (Fsp3) is 0.591. The monoisotopic (exact) mass is 521 g/mol. The van der Waals surface area contributed by atoms with Crippen LogP contribution in [0.5, 0.6) is 5.75 Å². The van der Waals surface area contributed by atoms with E-state index < -0.39 is 50.0 Å². The van der Waals surface area contributed by atoms with Crippen LogP contribution in [0.4, 0.5) is 18.0 Å². The Morgan fingerprint density at radius 3 is 1.94 bits per heavy atom. The van der Waals surface area contributed by atoms with Crippen LogP contribution in [0.1, 0.15) is 51.9 Å². The molecule has 13 heteroatoms. The lowest BCUT2D eigenvalue weighted by Crippen LogP contribution is -2.56. The lowest BCUT2D eigenvalue weighted by atomic mass is 10.2. The molecule has 35 heavy (non-hydrogen) atoms. The molecule has 3 N–H and O–H groups in total. The number of rotatable bonds is 7. The summed E-state index contributed by atoms with van der Waals surface area (Å²) in [6.07, 6.45) is -5.71. The maximum atomic E-state index is 12.8. The predicted molar refractivity (Wildman–Crippen MR) is 125 cm³/mol. The summed E-state index contributed by atoms with van der Waals surface area (Å²) < 4.78 is 51.8. The summed E-state index contributed by atoms with van der Waals surface area (Å²) in [6.45, 7) is 14.8. The molecule has 0 aliphatic heterocycles. The Morgan fingerprint density at radius 2 is 1.49 bits per heavy atom. The van der Waals surface area contributed by atoms with Crippen molar-refractivity contribution in [1.29, 1.82) is 0 Å². The highest BCUT2D eigenvalue weighted by molar-refractivity contribution is 6.74. The maximum Gasteiger partial charge on any atom is 0.573 e. The molecule has 3 amide bonds. The molecule has 1 unspecified atom stereocenters. The van der Waals surface area contributed by atoms with Gasteiger partial charge in [-0.3, -0.25) is 20.4 Å². The molecule has 1 atom stereocenters. The Kier molecular flexibility index (Phi) is 9.75. The fourth-order valence-electron chi connectivity index (χ4n) is 2.23. The number of ether oxygens (including phenoxy) is 2. The van der Waals surface area contributed by atoms with Crippen molar-refractivity contribution in [3.8, 4) is 5.75 Å². The van der Waals surface area contributed by atoms with Crippen LogP contribution >= 0.6 is 0 Å². The molecule has 198 valence electrons. The minimum Gasteiger partial charge on any atom is -0.444 e. The number of hydrazine groups is 1. The summed E-state index contributed by atoms with van der Waals surface area (Å²) in [6, 6.07) is 2.93. The lowest BCUT2D eigenvalue weighted by Gasteiger charge is -2.37. The number of carbonyl (C=O) groups excluding carboxylic acids is 3. The van der Waals surface area contributed by atoms with E-state index in [2.05, 4.69) is 20.9 Å². The van der Waals surface area contributed by atoms with E-state index in [0.29, 0.717) is 0 Å². The van der Waals surface area contributed by atoms with Crippen molar-refractivity contribution in [3.05, 3.63) is 29.8 Å². The minimum absolute atomic E-state index is 0.0333. The third kappa shape index (κ3) is 11.0. The van der Waals surface area contributed by atoms with Gasteiger partial charge < -0.3 is 19.2 Å². The highest BCUT2D eigenvalue weighted by Crippen LogP contribution is 2.36. The Bertz CT molecular complexity index is 894. The normalized spacial score (nSPS) is 13.5. The molecule has 0 spiro atoms. The summed E-state index contributed by atoms with van der Waals surface area (Å²) >= 11 is 0. The Morgan fingerprint density at radius 1 is 0.943 bits per heavy atom. The molecule has 0 bridgehead atoms. The fourth-order valence-corrected chi connectivity index (χ4v) is 3.24. The molecule has 1 aromatic rings. The number of alkyl carbamates (subject to hydrolysis) is 1. The zero-order chi connectivity index (χ0) is 27.2. The molecule has 9 nitrogen and oxygen atoms in total. The number of amides is 3. The van der Waals surface area contributed by atoms with E-state index in [1.807, 2.05) is 33.9 Å². The van der Waals surface area contributed by atoms with Crippen molar-refractivity contribution in [1.82, 2.24) is 16.2 Å². The molecule has 1 aromatic carbocycles. The molecule has 0 radical (unpaired) electrons. The summed E-state index contributed by atoms with van der Waals surface area (Å²) in [4.78, 5) is 37.3. The van der Waals surface area contributed by atoms with Gasteiger partial charge in [0.05, 0.1) is 6.61 Å². The third-order valence-corrected chi connectivity index (χ3v) is 9.57. The number of carbonyl (C=O) groups is 3. The average Bonchev–Trinajstić information content (AvgIpc) is 2.66. The van der Waals surface area contributed by atoms with Crippen molar-refractivity contribution in [2.24, 2.45) is 0 Å². The van der Waals surface area contributed by atoms with Gasteiger partial charge in [-0.1, -0.05) is 20.8 Å². The first kappa shape index (κ1) is 30.2. The van der Waals surface area contributed by atoms with Crippen LogP contribution in [-0.2, 0) is 14.0 Å². The number of nitrogens with one attached hydrogen (secondary N) is 3. The largest absolute Gasteiger partial charge is 0.573 e. The summed E-state index contributed by atoms with van der Waals surface area (Å²) in [5, 5.41) is 2.28. The first-order valence-corrected chi connectivity index (χ1v) is 13.7. The topological polar surface area (TPSA) is 115 Å². The number of hydrogen-bond donors (Lipinski definition) is 3. The third-order valence-electron chi connectivity index (χ3n) is 5.07. The zero-order valence-electron chi connectivity index (χ0n) is 21.2. The second-order valence-corrected chi connectivity index (χ2v) is 15.1. The lowest BCUT2D eigenvalue weighted by molar-refractivity contribution is -0.274. The van der Waals surface area contributed by atoms with Gasteiger partial charge >= 0.3 is 12.5 Å². The van der Waals surface area contributed by atoms with Gasteiger partial charge in [-0.15, -0.1) is 13.2 Å². The molecule has 0 saturated heterocycles. The van der Waals surface area contributed by atoms with Gasteiger partial charge in [-0.2, -0.15) is 0 Å². The van der Waals surface area contributed by atoms with Crippen LogP contribution in [0.15, 0.2) is 24.3 Å². The summed E-state index contributed by atoms with van der Waals surface area (Å²) in [7, 11) is -2.28. The van der Waals surface area contributed by atoms with Crippen molar-refractivity contribution >= 4 is 26.2 Å². The molecular formula is C22H34F3N3O6Si. The molecule has 0 aliphatic carbocycles. The van der Waals surface area contributed by atoms with Crippen molar-refractivity contribution in [2.45, 2.75) is 77.7 Å². The Hall–Kier alpha value is -2.80. The van der Waals surface area contributed by atoms with Crippen molar-refractivity contribution < 1.29 is 41.5 Å².